The molecule has 1 rings (SSSR count). The molecule has 1 heterocycles. The minimum Gasteiger partial charge on any atom is -0.338 e. The molecule has 98 valence electrons. The fourth-order valence-electron chi connectivity index (χ4n) is 2.15. The van der Waals surface area contributed by atoms with E-state index in [0.717, 1.165) is 31.8 Å². The molecule has 1 N–H and O–H groups in total. The van der Waals surface area contributed by atoms with Crippen LogP contribution in [0.25, 0.3) is 0 Å². The summed E-state index contributed by atoms with van der Waals surface area (Å²) in [5.74, 6) is 0.213. The lowest BCUT2D eigenvalue weighted by atomic mass is 10.2. The first-order chi connectivity index (χ1) is 8.02. The van der Waals surface area contributed by atoms with Gasteiger partial charge in [-0.1, -0.05) is 12.2 Å². The van der Waals surface area contributed by atoms with Crippen LogP contribution in [-0.4, -0.2) is 61.0 Å². The highest BCUT2D eigenvalue weighted by atomic mass is 16.2. The second-order valence-electron chi connectivity index (χ2n) is 4.96. The van der Waals surface area contributed by atoms with Crippen molar-refractivity contribution in [3.63, 3.8) is 0 Å². The number of likely N-dealkylation sites (N-methyl/N-ethyl adjacent to an activating group) is 1. The molecule has 0 saturated carbocycles. The number of nitrogens with one attached hydrogen (secondary N) is 1. The summed E-state index contributed by atoms with van der Waals surface area (Å²) in [4.78, 5) is 16.2. The Morgan fingerprint density at radius 2 is 2.29 bits per heavy atom. The minimum absolute atomic E-state index is 0.213. The Morgan fingerprint density at radius 1 is 1.59 bits per heavy atom. The van der Waals surface area contributed by atoms with Gasteiger partial charge in [-0.25, -0.2) is 0 Å². The lowest BCUT2D eigenvalue weighted by molar-refractivity contribution is -0.132. The van der Waals surface area contributed by atoms with Gasteiger partial charge < -0.3 is 10.2 Å². The lowest BCUT2D eigenvalue weighted by Crippen LogP contribution is -2.52. The molecule has 4 heteroatoms. The second-order valence-corrected chi connectivity index (χ2v) is 4.96. The van der Waals surface area contributed by atoms with Gasteiger partial charge in [0.15, 0.2) is 0 Å². The Bertz CT molecular complexity index is 278. The zero-order chi connectivity index (χ0) is 12.8. The van der Waals surface area contributed by atoms with E-state index >= 15 is 0 Å². The molecular formula is C13H25N3O. The van der Waals surface area contributed by atoms with Crippen molar-refractivity contribution in [2.24, 2.45) is 0 Å². The Balaban J connectivity index is 2.43. The van der Waals surface area contributed by atoms with Crippen LogP contribution in [0.4, 0.5) is 0 Å². The molecule has 0 aromatic rings. The summed E-state index contributed by atoms with van der Waals surface area (Å²) in [5, 5.41) is 3.38. The summed E-state index contributed by atoms with van der Waals surface area (Å²) in [7, 11) is 0. The van der Waals surface area contributed by atoms with E-state index in [1.165, 1.54) is 0 Å². The maximum Gasteiger partial charge on any atom is 0.237 e. The normalized spacial score (nSPS) is 21.2. The van der Waals surface area contributed by atoms with Crippen molar-refractivity contribution in [2.75, 3.05) is 39.3 Å². The van der Waals surface area contributed by atoms with E-state index in [4.69, 9.17) is 0 Å². The molecule has 0 aliphatic carbocycles. The molecule has 0 radical (unpaired) electrons. The van der Waals surface area contributed by atoms with Crippen LogP contribution < -0.4 is 5.32 Å². The molecule has 1 amide bonds. The maximum absolute atomic E-state index is 12.1. The Kier molecular flexibility index (Phi) is 5.65. The standard InChI is InChI=1S/C13H25N3O/c1-5-16(8-11(2)3)13(17)10-15-7-6-14-12(4)9-15/h12,14H,2,5-10H2,1,3-4H3/t12-/m0/s1. The van der Waals surface area contributed by atoms with E-state index in [2.05, 4.69) is 23.7 Å². The second kappa shape index (κ2) is 6.77. The van der Waals surface area contributed by atoms with E-state index < -0.39 is 0 Å². The monoisotopic (exact) mass is 239 g/mol. The number of amides is 1. The van der Waals surface area contributed by atoms with Crippen molar-refractivity contribution in [1.82, 2.24) is 15.1 Å². The molecule has 4 nitrogen and oxygen atoms in total. The van der Waals surface area contributed by atoms with Gasteiger partial charge in [0.05, 0.1) is 6.54 Å². The van der Waals surface area contributed by atoms with Gasteiger partial charge >= 0.3 is 0 Å². The van der Waals surface area contributed by atoms with Crippen LogP contribution in [0.3, 0.4) is 0 Å². The fourth-order valence-corrected chi connectivity index (χ4v) is 2.15. The number of hydrogen-bond acceptors (Lipinski definition) is 3. The third kappa shape index (κ3) is 4.88. The van der Waals surface area contributed by atoms with Gasteiger partial charge in [0, 0.05) is 38.8 Å². The average molecular weight is 239 g/mol. The van der Waals surface area contributed by atoms with Crippen LogP contribution in [-0.2, 0) is 4.79 Å². The number of rotatable bonds is 5. The number of carbonyl (C=O) groups excluding carboxylic acids is 1. The fraction of sp³-hybridized carbons (Fsp3) is 0.769. The maximum atomic E-state index is 12.1. The largest absolute Gasteiger partial charge is 0.338 e. The Hall–Kier alpha value is -0.870. The predicted octanol–water partition coefficient (Wildman–Crippen LogP) is 0.705. The smallest absolute Gasteiger partial charge is 0.237 e. The first-order valence-corrected chi connectivity index (χ1v) is 6.40. The first-order valence-electron chi connectivity index (χ1n) is 6.40. The first kappa shape index (κ1) is 14.2. The van der Waals surface area contributed by atoms with Crippen LogP contribution in [0.1, 0.15) is 20.8 Å². The number of hydrogen-bond donors (Lipinski definition) is 1. The third-order valence-electron chi connectivity index (χ3n) is 3.01. The Labute approximate surface area is 105 Å². The van der Waals surface area contributed by atoms with Gasteiger partial charge in [-0.3, -0.25) is 9.69 Å². The highest BCUT2D eigenvalue weighted by Crippen LogP contribution is 2.02. The Morgan fingerprint density at radius 3 is 2.82 bits per heavy atom. The van der Waals surface area contributed by atoms with Gasteiger partial charge in [-0.15, -0.1) is 0 Å². The number of piperazine rings is 1. The van der Waals surface area contributed by atoms with Gasteiger partial charge in [0.2, 0.25) is 5.91 Å². The van der Waals surface area contributed by atoms with Crippen LogP contribution in [0.5, 0.6) is 0 Å². The molecule has 0 bridgehead atoms. The zero-order valence-electron chi connectivity index (χ0n) is 11.3. The van der Waals surface area contributed by atoms with Crippen LogP contribution in [0.2, 0.25) is 0 Å². The van der Waals surface area contributed by atoms with E-state index in [0.29, 0.717) is 19.1 Å². The van der Waals surface area contributed by atoms with Gasteiger partial charge in [-0.05, 0) is 20.8 Å². The quantitative estimate of drug-likeness (QED) is 0.718. The third-order valence-corrected chi connectivity index (χ3v) is 3.01. The van der Waals surface area contributed by atoms with Gasteiger partial charge in [0.1, 0.15) is 0 Å². The average Bonchev–Trinajstić information content (AvgIpc) is 2.25. The van der Waals surface area contributed by atoms with Crippen molar-refractivity contribution in [1.29, 1.82) is 0 Å². The summed E-state index contributed by atoms with van der Waals surface area (Å²) in [6, 6.07) is 0.479. The topological polar surface area (TPSA) is 35.6 Å². The van der Waals surface area contributed by atoms with Crippen molar-refractivity contribution in [3.05, 3.63) is 12.2 Å². The van der Waals surface area contributed by atoms with Crippen molar-refractivity contribution < 1.29 is 4.79 Å². The molecule has 0 aromatic heterocycles. The molecule has 1 fully saturated rings. The van der Waals surface area contributed by atoms with E-state index in [9.17, 15) is 4.79 Å². The molecule has 0 spiro atoms. The predicted molar refractivity (Wildman–Crippen MR) is 71.0 cm³/mol. The SMILES string of the molecule is C=C(C)CN(CC)C(=O)CN1CCN[C@@H](C)C1. The molecule has 1 aliphatic rings. The molecular weight excluding hydrogens is 214 g/mol. The highest BCUT2D eigenvalue weighted by molar-refractivity contribution is 5.78. The molecule has 0 aromatic carbocycles. The highest BCUT2D eigenvalue weighted by Gasteiger charge is 2.20. The summed E-state index contributed by atoms with van der Waals surface area (Å²) in [5.41, 5.74) is 1.04. The van der Waals surface area contributed by atoms with Gasteiger partial charge in [0.25, 0.3) is 0 Å². The van der Waals surface area contributed by atoms with Gasteiger partial charge in [-0.2, -0.15) is 0 Å². The summed E-state index contributed by atoms with van der Waals surface area (Å²) < 4.78 is 0. The molecule has 1 atom stereocenters. The number of carbonyl (C=O) groups is 1. The molecule has 1 saturated heterocycles. The summed E-state index contributed by atoms with van der Waals surface area (Å²) in [6.07, 6.45) is 0. The molecule has 1 aliphatic heterocycles. The summed E-state index contributed by atoms with van der Waals surface area (Å²) in [6.45, 7) is 14.9. The van der Waals surface area contributed by atoms with E-state index in [1.807, 2.05) is 18.7 Å². The number of nitrogens with zero attached hydrogens (tertiary/aromatic N) is 2. The van der Waals surface area contributed by atoms with Crippen LogP contribution >= 0.6 is 0 Å². The van der Waals surface area contributed by atoms with Crippen molar-refractivity contribution >= 4 is 5.91 Å². The molecule has 0 unspecified atom stereocenters. The van der Waals surface area contributed by atoms with Crippen LogP contribution in [0, 0.1) is 0 Å². The van der Waals surface area contributed by atoms with E-state index in [-0.39, 0.29) is 5.91 Å². The van der Waals surface area contributed by atoms with Crippen molar-refractivity contribution in [3.8, 4) is 0 Å². The van der Waals surface area contributed by atoms with E-state index in [1.54, 1.807) is 0 Å². The zero-order valence-corrected chi connectivity index (χ0v) is 11.3. The minimum atomic E-state index is 0.213. The summed E-state index contributed by atoms with van der Waals surface area (Å²) >= 11 is 0. The lowest BCUT2D eigenvalue weighted by Gasteiger charge is -2.33. The van der Waals surface area contributed by atoms with Crippen molar-refractivity contribution in [2.45, 2.75) is 26.8 Å². The van der Waals surface area contributed by atoms with Crippen LogP contribution in [0.15, 0.2) is 12.2 Å². The molecule has 17 heavy (non-hydrogen) atoms.